The predicted octanol–water partition coefficient (Wildman–Crippen LogP) is 1.30. The van der Waals surface area contributed by atoms with Gasteiger partial charge in [-0.2, -0.15) is 0 Å². The van der Waals surface area contributed by atoms with E-state index in [2.05, 4.69) is 0 Å². The first-order valence-corrected chi connectivity index (χ1v) is 9.54. The van der Waals surface area contributed by atoms with E-state index in [0.29, 0.717) is 19.6 Å². The Hall–Kier alpha value is -2.28. The SMILES string of the molecule is COc1ccc([C@H]2[C@@H]3CN(C(=O)C4(N)CC4)C[C@@H]3CN2C(=O)N(C)C)cc1. The quantitative estimate of drug-likeness (QED) is 0.867. The van der Waals surface area contributed by atoms with Crippen LogP contribution in [0.1, 0.15) is 24.4 Å². The van der Waals surface area contributed by atoms with E-state index < -0.39 is 5.54 Å². The van der Waals surface area contributed by atoms with Gasteiger partial charge in [-0.3, -0.25) is 4.79 Å². The van der Waals surface area contributed by atoms with Gasteiger partial charge in [-0.25, -0.2) is 4.79 Å². The van der Waals surface area contributed by atoms with E-state index in [1.54, 1.807) is 26.1 Å². The molecule has 7 nitrogen and oxygen atoms in total. The molecule has 146 valence electrons. The second-order valence-corrected chi connectivity index (χ2v) is 8.34. The summed E-state index contributed by atoms with van der Waals surface area (Å²) >= 11 is 0. The zero-order chi connectivity index (χ0) is 19.3. The molecule has 2 N–H and O–H groups in total. The number of methoxy groups -OCH3 is 1. The van der Waals surface area contributed by atoms with Crippen molar-refractivity contribution in [2.75, 3.05) is 40.8 Å². The fraction of sp³-hybridized carbons (Fsp3) is 0.600. The number of rotatable bonds is 3. The van der Waals surface area contributed by atoms with Crippen LogP contribution >= 0.6 is 0 Å². The van der Waals surface area contributed by atoms with Crippen LogP contribution < -0.4 is 10.5 Å². The van der Waals surface area contributed by atoms with Crippen LogP contribution in [0.2, 0.25) is 0 Å². The van der Waals surface area contributed by atoms with Crippen LogP contribution in [0, 0.1) is 11.8 Å². The number of nitrogens with two attached hydrogens (primary N) is 1. The van der Waals surface area contributed by atoms with Gasteiger partial charge in [-0.1, -0.05) is 12.1 Å². The molecule has 1 saturated carbocycles. The van der Waals surface area contributed by atoms with Crippen LogP contribution in [-0.4, -0.2) is 73.0 Å². The van der Waals surface area contributed by atoms with Crippen molar-refractivity contribution in [3.63, 3.8) is 0 Å². The highest BCUT2D eigenvalue weighted by molar-refractivity contribution is 5.89. The number of carbonyl (C=O) groups excluding carboxylic acids is 2. The van der Waals surface area contributed by atoms with Gasteiger partial charge in [0.05, 0.1) is 18.7 Å². The van der Waals surface area contributed by atoms with Crippen molar-refractivity contribution in [1.82, 2.24) is 14.7 Å². The highest BCUT2D eigenvalue weighted by Crippen LogP contribution is 2.47. The summed E-state index contributed by atoms with van der Waals surface area (Å²) in [5.74, 6) is 1.39. The van der Waals surface area contributed by atoms with E-state index in [4.69, 9.17) is 10.5 Å². The Bertz CT molecular complexity index is 744. The summed E-state index contributed by atoms with van der Waals surface area (Å²) in [5.41, 5.74) is 6.59. The number of likely N-dealkylation sites (tertiary alicyclic amines) is 2. The van der Waals surface area contributed by atoms with Gasteiger partial charge in [0.2, 0.25) is 5.91 Å². The molecule has 7 heteroatoms. The Morgan fingerprint density at radius 1 is 1.15 bits per heavy atom. The summed E-state index contributed by atoms with van der Waals surface area (Å²) in [6.45, 7) is 2.02. The second kappa shape index (κ2) is 6.41. The Labute approximate surface area is 160 Å². The molecule has 1 aliphatic carbocycles. The number of nitrogens with zero attached hydrogens (tertiary/aromatic N) is 3. The van der Waals surface area contributed by atoms with Crippen molar-refractivity contribution in [2.45, 2.75) is 24.4 Å². The number of urea groups is 1. The molecule has 3 amide bonds. The van der Waals surface area contributed by atoms with Crippen LogP contribution in [0.3, 0.4) is 0 Å². The lowest BCUT2D eigenvalue weighted by Crippen LogP contribution is -2.47. The van der Waals surface area contributed by atoms with Crippen molar-refractivity contribution in [3.8, 4) is 5.75 Å². The first-order valence-electron chi connectivity index (χ1n) is 9.54. The molecule has 3 fully saturated rings. The molecular weight excluding hydrogens is 344 g/mol. The number of benzene rings is 1. The van der Waals surface area contributed by atoms with Crippen molar-refractivity contribution < 1.29 is 14.3 Å². The van der Waals surface area contributed by atoms with Crippen molar-refractivity contribution in [2.24, 2.45) is 17.6 Å². The third kappa shape index (κ3) is 3.04. The summed E-state index contributed by atoms with van der Waals surface area (Å²) < 4.78 is 5.27. The molecule has 2 saturated heterocycles. The fourth-order valence-corrected chi connectivity index (χ4v) is 4.56. The maximum absolute atomic E-state index is 12.8. The van der Waals surface area contributed by atoms with Crippen molar-refractivity contribution in [1.29, 1.82) is 0 Å². The maximum Gasteiger partial charge on any atom is 0.320 e. The number of hydrogen-bond donors (Lipinski definition) is 1. The van der Waals surface area contributed by atoms with E-state index in [-0.39, 0.29) is 29.8 Å². The minimum Gasteiger partial charge on any atom is -0.497 e. The van der Waals surface area contributed by atoms with Crippen molar-refractivity contribution in [3.05, 3.63) is 29.8 Å². The van der Waals surface area contributed by atoms with E-state index in [9.17, 15) is 9.59 Å². The molecule has 4 rings (SSSR count). The molecule has 3 atom stereocenters. The van der Waals surface area contributed by atoms with Gasteiger partial charge in [0.15, 0.2) is 0 Å². The lowest BCUT2D eigenvalue weighted by Gasteiger charge is -2.32. The average Bonchev–Trinajstić information content (AvgIpc) is 3.13. The zero-order valence-corrected chi connectivity index (χ0v) is 16.2. The summed E-state index contributed by atoms with van der Waals surface area (Å²) in [4.78, 5) is 31.0. The minimum atomic E-state index is -0.632. The molecule has 27 heavy (non-hydrogen) atoms. The van der Waals surface area contributed by atoms with Crippen molar-refractivity contribution >= 4 is 11.9 Å². The van der Waals surface area contributed by atoms with Gasteiger partial charge in [-0.15, -0.1) is 0 Å². The lowest BCUT2D eigenvalue weighted by molar-refractivity contribution is -0.133. The van der Waals surface area contributed by atoms with E-state index in [0.717, 1.165) is 24.2 Å². The zero-order valence-electron chi connectivity index (χ0n) is 16.2. The first-order chi connectivity index (χ1) is 12.8. The Kier molecular flexibility index (Phi) is 4.29. The number of carbonyl (C=O) groups is 2. The summed E-state index contributed by atoms with van der Waals surface area (Å²) in [7, 11) is 5.20. The molecule has 3 aliphatic rings. The van der Waals surface area contributed by atoms with Crippen LogP contribution in [0.15, 0.2) is 24.3 Å². The number of fused-ring (bicyclic) bond motifs is 1. The third-order valence-corrected chi connectivity index (χ3v) is 6.25. The molecule has 0 spiro atoms. The normalized spacial score (nSPS) is 28.1. The van der Waals surface area contributed by atoms with Crippen LogP contribution in [0.5, 0.6) is 5.75 Å². The van der Waals surface area contributed by atoms with Gasteiger partial charge in [0.1, 0.15) is 5.75 Å². The van der Waals surface area contributed by atoms with Gasteiger partial charge in [-0.05, 0) is 30.5 Å². The topological polar surface area (TPSA) is 79.1 Å². The predicted molar refractivity (Wildman–Crippen MR) is 101 cm³/mol. The Morgan fingerprint density at radius 2 is 1.81 bits per heavy atom. The van der Waals surface area contributed by atoms with Crippen LogP contribution in [0.4, 0.5) is 4.79 Å². The van der Waals surface area contributed by atoms with Crippen LogP contribution in [0.25, 0.3) is 0 Å². The number of hydrogen-bond acceptors (Lipinski definition) is 4. The average molecular weight is 372 g/mol. The summed E-state index contributed by atoms with van der Waals surface area (Å²) in [6.07, 6.45) is 1.57. The minimum absolute atomic E-state index is 0.0144. The molecule has 2 heterocycles. The molecule has 0 unspecified atom stereocenters. The standard InChI is InChI=1S/C20H28N4O3/c1-22(2)19(26)24-11-14-10-23(18(25)20(21)8-9-20)12-16(14)17(24)13-4-6-15(27-3)7-5-13/h4-7,14,16-17H,8-12,21H2,1-3H3/t14-,16-,17+/m1/s1. The van der Waals surface area contributed by atoms with E-state index in [1.807, 2.05) is 34.1 Å². The first kappa shape index (κ1) is 18.1. The molecular formula is C20H28N4O3. The number of ether oxygens (including phenoxy) is 1. The Balaban J connectivity index is 1.60. The molecule has 0 radical (unpaired) electrons. The van der Waals surface area contributed by atoms with Crippen LogP contribution in [-0.2, 0) is 4.79 Å². The maximum atomic E-state index is 12.8. The highest BCUT2D eigenvalue weighted by Gasteiger charge is 2.55. The van der Waals surface area contributed by atoms with Gasteiger partial charge < -0.3 is 25.2 Å². The second-order valence-electron chi connectivity index (χ2n) is 8.34. The van der Waals surface area contributed by atoms with Gasteiger partial charge >= 0.3 is 6.03 Å². The fourth-order valence-electron chi connectivity index (χ4n) is 4.56. The highest BCUT2D eigenvalue weighted by atomic mass is 16.5. The van der Waals surface area contributed by atoms with E-state index >= 15 is 0 Å². The van der Waals surface area contributed by atoms with E-state index in [1.165, 1.54) is 0 Å². The third-order valence-electron chi connectivity index (χ3n) is 6.25. The lowest BCUT2D eigenvalue weighted by atomic mass is 9.89. The molecule has 1 aromatic carbocycles. The molecule has 2 aliphatic heterocycles. The summed E-state index contributed by atoms with van der Waals surface area (Å²) in [5, 5.41) is 0. The monoisotopic (exact) mass is 372 g/mol. The molecule has 0 aromatic heterocycles. The largest absolute Gasteiger partial charge is 0.497 e. The Morgan fingerprint density at radius 3 is 2.37 bits per heavy atom. The molecule has 1 aromatic rings. The van der Waals surface area contributed by atoms with Gasteiger partial charge in [0.25, 0.3) is 0 Å². The summed E-state index contributed by atoms with van der Waals surface area (Å²) in [6, 6.07) is 7.88. The number of amides is 3. The van der Waals surface area contributed by atoms with Gasteiger partial charge in [0, 0.05) is 45.6 Å². The smallest absolute Gasteiger partial charge is 0.320 e. The molecule has 0 bridgehead atoms.